The van der Waals surface area contributed by atoms with Gasteiger partial charge in [0.25, 0.3) is 11.5 Å². The second-order valence-corrected chi connectivity index (χ2v) is 13.9. The molecule has 16 heteroatoms. The summed E-state index contributed by atoms with van der Waals surface area (Å²) in [6, 6.07) is 25.2. The number of ether oxygens (including phenoxy) is 6. The summed E-state index contributed by atoms with van der Waals surface area (Å²) in [7, 11) is 3.16. The van der Waals surface area contributed by atoms with Crippen LogP contribution in [-0.2, 0) is 34.1 Å². The van der Waals surface area contributed by atoms with Crippen molar-refractivity contribution in [1.82, 2.24) is 9.13 Å². The fraction of sp³-hybridized carbons (Fsp3) is 0.349. The van der Waals surface area contributed by atoms with Crippen LogP contribution in [0.3, 0.4) is 0 Å². The zero-order valence-electron chi connectivity index (χ0n) is 32.3. The SMILES string of the molecule is COc1ccc(C(OC[C@H]2O[C@@H](n3ccc(=O)n(C(=O)c4ccccc4)c3=O)C(OCCC(=O)OCC(F)(F)F)C2O)(C2=CC(C)C(OC)C=C2)c2ccccc2)cc1. The van der Waals surface area contributed by atoms with Crippen molar-refractivity contribution in [3.63, 3.8) is 0 Å². The number of nitrogens with zero attached hydrogens (tertiary/aromatic N) is 2. The van der Waals surface area contributed by atoms with Crippen LogP contribution in [0.1, 0.15) is 41.1 Å². The fourth-order valence-electron chi connectivity index (χ4n) is 7.15. The standard InChI is InChI=1S/C43H43F3N2O11/c1-27-24-31(16-19-33(27)55-3)43(29-12-8-5-9-13-29,30-14-17-32(54-2)18-15-30)58-25-34-37(51)38(56-23-21-36(50)57-26-42(44,45)46)40(59-34)47-22-20-35(49)48(41(47)53)39(52)28-10-6-4-7-11-28/h4-20,22,24,27,33-34,37-38,40,51H,21,23,25-26H2,1-3H3/t27?,33?,34-,37?,38?,40-,43?/m1/s1. The molecule has 59 heavy (non-hydrogen) atoms. The predicted molar refractivity (Wildman–Crippen MR) is 206 cm³/mol. The molecule has 312 valence electrons. The van der Waals surface area contributed by atoms with Crippen LogP contribution in [0.25, 0.3) is 0 Å². The highest BCUT2D eigenvalue weighted by molar-refractivity contribution is 5.95. The van der Waals surface area contributed by atoms with E-state index in [-0.39, 0.29) is 24.2 Å². The molecule has 0 radical (unpaired) electrons. The molecule has 1 aliphatic heterocycles. The summed E-state index contributed by atoms with van der Waals surface area (Å²) in [5.74, 6) is -1.65. The molecule has 3 aromatic carbocycles. The number of aliphatic hydroxyl groups excluding tert-OH is 1. The van der Waals surface area contributed by atoms with Crippen LogP contribution < -0.4 is 16.0 Å². The summed E-state index contributed by atoms with van der Waals surface area (Å²) < 4.78 is 73.9. The molecule has 1 N–H and O–H groups in total. The number of alkyl halides is 3. The summed E-state index contributed by atoms with van der Waals surface area (Å²) in [6.07, 6.45) is -4.57. The van der Waals surface area contributed by atoms with Crippen molar-refractivity contribution < 1.29 is 56.3 Å². The molecule has 0 bridgehead atoms. The molecule has 2 heterocycles. The quantitative estimate of drug-likeness (QED) is 0.162. The van der Waals surface area contributed by atoms with Gasteiger partial charge in [0.1, 0.15) is 29.7 Å². The van der Waals surface area contributed by atoms with Crippen LogP contribution in [0.15, 0.2) is 131 Å². The van der Waals surface area contributed by atoms with E-state index in [0.29, 0.717) is 21.4 Å². The van der Waals surface area contributed by atoms with Gasteiger partial charge >= 0.3 is 17.8 Å². The molecule has 2 aliphatic rings. The zero-order chi connectivity index (χ0) is 42.3. The van der Waals surface area contributed by atoms with Gasteiger partial charge in [0, 0.05) is 30.9 Å². The second kappa shape index (κ2) is 18.5. The van der Waals surface area contributed by atoms with Gasteiger partial charge in [-0.3, -0.25) is 19.0 Å². The van der Waals surface area contributed by atoms with E-state index in [4.69, 9.17) is 23.7 Å². The van der Waals surface area contributed by atoms with E-state index in [1.165, 1.54) is 12.1 Å². The van der Waals surface area contributed by atoms with E-state index in [0.717, 1.165) is 22.4 Å². The molecular weight excluding hydrogens is 777 g/mol. The Morgan fingerprint density at radius 3 is 2.19 bits per heavy atom. The minimum Gasteiger partial charge on any atom is -0.497 e. The molecular formula is C43H43F3N2O11. The van der Waals surface area contributed by atoms with Crippen LogP contribution in [0.2, 0.25) is 0 Å². The maximum atomic E-state index is 14.0. The molecule has 4 aromatic rings. The van der Waals surface area contributed by atoms with Crippen LogP contribution in [0, 0.1) is 5.92 Å². The highest BCUT2D eigenvalue weighted by Crippen LogP contribution is 2.45. The van der Waals surface area contributed by atoms with E-state index >= 15 is 0 Å². The largest absolute Gasteiger partial charge is 0.497 e. The molecule has 1 fully saturated rings. The van der Waals surface area contributed by atoms with Crippen molar-refractivity contribution in [2.45, 2.75) is 55.8 Å². The first kappa shape index (κ1) is 42.9. The fourth-order valence-corrected chi connectivity index (χ4v) is 7.15. The Hall–Kier alpha value is -5.65. The number of esters is 1. The van der Waals surface area contributed by atoms with E-state index in [2.05, 4.69) is 4.74 Å². The lowest BCUT2D eigenvalue weighted by atomic mass is 9.76. The lowest BCUT2D eigenvalue weighted by molar-refractivity contribution is -0.187. The summed E-state index contributed by atoms with van der Waals surface area (Å²) >= 11 is 0. The number of halogens is 3. The Balaban J connectivity index is 1.38. The zero-order valence-corrected chi connectivity index (χ0v) is 32.3. The van der Waals surface area contributed by atoms with Crippen molar-refractivity contribution in [3.05, 3.63) is 159 Å². The number of aromatic nitrogens is 2. The number of hydrogen-bond donors (Lipinski definition) is 1. The molecule has 1 saturated heterocycles. The molecule has 13 nitrogen and oxygen atoms in total. The van der Waals surface area contributed by atoms with Crippen LogP contribution >= 0.6 is 0 Å². The van der Waals surface area contributed by atoms with Crippen molar-refractivity contribution >= 4 is 11.9 Å². The Kier molecular flexibility index (Phi) is 13.5. The first-order valence-corrected chi connectivity index (χ1v) is 18.7. The first-order valence-electron chi connectivity index (χ1n) is 18.7. The molecule has 7 atom stereocenters. The molecule has 1 aromatic heterocycles. The number of carbonyl (C=O) groups is 2. The van der Waals surface area contributed by atoms with E-state index in [9.17, 15) is 37.5 Å². The van der Waals surface area contributed by atoms with Gasteiger partial charge in [-0.15, -0.1) is 0 Å². The number of rotatable bonds is 15. The summed E-state index contributed by atoms with van der Waals surface area (Å²) in [5.41, 5.74) is -1.24. The number of benzene rings is 3. The maximum Gasteiger partial charge on any atom is 0.422 e. The summed E-state index contributed by atoms with van der Waals surface area (Å²) in [4.78, 5) is 52.6. The van der Waals surface area contributed by atoms with Gasteiger partial charge in [-0.05, 0) is 41.0 Å². The Morgan fingerprint density at radius 1 is 0.898 bits per heavy atom. The number of hydrogen-bond acceptors (Lipinski definition) is 11. The van der Waals surface area contributed by atoms with E-state index in [1.54, 1.807) is 44.6 Å². The first-order chi connectivity index (χ1) is 28.3. The molecule has 5 unspecified atom stereocenters. The molecule has 6 rings (SSSR count). The molecule has 0 saturated carbocycles. The van der Waals surface area contributed by atoms with Crippen LogP contribution in [0.5, 0.6) is 5.75 Å². The lowest BCUT2D eigenvalue weighted by Gasteiger charge is -2.39. The average Bonchev–Trinajstić information content (AvgIpc) is 3.54. The van der Waals surface area contributed by atoms with Crippen LogP contribution in [-0.4, -0.2) is 90.7 Å². The van der Waals surface area contributed by atoms with E-state index < -0.39 is 79.1 Å². The summed E-state index contributed by atoms with van der Waals surface area (Å²) in [6.45, 7) is -0.713. The van der Waals surface area contributed by atoms with Crippen molar-refractivity contribution in [2.75, 3.05) is 34.0 Å². The maximum absolute atomic E-state index is 14.0. The number of carbonyl (C=O) groups excluding carboxylic acids is 2. The third kappa shape index (κ3) is 9.47. The molecule has 0 spiro atoms. The van der Waals surface area contributed by atoms with Gasteiger partial charge in [0.05, 0.1) is 32.8 Å². The topological polar surface area (TPSA) is 154 Å². The Labute approximate surface area is 336 Å². The van der Waals surface area contributed by atoms with Gasteiger partial charge in [0.2, 0.25) is 0 Å². The Bertz CT molecular complexity index is 2260. The summed E-state index contributed by atoms with van der Waals surface area (Å²) in [5, 5.41) is 11.9. The lowest BCUT2D eigenvalue weighted by Crippen LogP contribution is -2.46. The Morgan fingerprint density at radius 2 is 1.56 bits per heavy atom. The number of methoxy groups -OCH3 is 2. The minimum absolute atomic E-state index is 0.0428. The highest BCUT2D eigenvalue weighted by Gasteiger charge is 2.49. The average molecular weight is 821 g/mol. The molecule has 1 aliphatic carbocycles. The van der Waals surface area contributed by atoms with Crippen LogP contribution in [0.4, 0.5) is 13.2 Å². The van der Waals surface area contributed by atoms with Crippen molar-refractivity contribution in [1.29, 1.82) is 0 Å². The predicted octanol–water partition coefficient (Wildman–Crippen LogP) is 4.95. The second-order valence-electron chi connectivity index (χ2n) is 13.9. The van der Waals surface area contributed by atoms with Gasteiger partial charge in [0.15, 0.2) is 12.8 Å². The van der Waals surface area contributed by atoms with Gasteiger partial charge in [-0.25, -0.2) is 4.79 Å². The third-order valence-electron chi connectivity index (χ3n) is 10.1. The van der Waals surface area contributed by atoms with Gasteiger partial charge in [-0.2, -0.15) is 17.7 Å². The monoisotopic (exact) mass is 820 g/mol. The normalized spacial score (nSPS) is 22.7. The van der Waals surface area contributed by atoms with Crippen molar-refractivity contribution in [2.24, 2.45) is 5.92 Å². The van der Waals surface area contributed by atoms with Crippen molar-refractivity contribution in [3.8, 4) is 5.75 Å². The molecule has 0 amide bonds. The third-order valence-corrected chi connectivity index (χ3v) is 10.1. The minimum atomic E-state index is -4.75. The van der Waals surface area contributed by atoms with Gasteiger partial charge in [-0.1, -0.05) is 85.8 Å². The van der Waals surface area contributed by atoms with E-state index in [1.807, 2.05) is 67.6 Å². The smallest absolute Gasteiger partial charge is 0.422 e. The number of aliphatic hydroxyl groups is 1. The van der Waals surface area contributed by atoms with Gasteiger partial charge < -0.3 is 33.5 Å². The highest BCUT2D eigenvalue weighted by atomic mass is 19.4.